The molecular formula is C17H22N4O2S. The second-order valence-corrected chi connectivity index (χ2v) is 7.40. The number of hydrogen-bond acceptors (Lipinski definition) is 4. The molecule has 0 radical (unpaired) electrons. The summed E-state index contributed by atoms with van der Waals surface area (Å²) in [7, 11) is 0. The van der Waals surface area contributed by atoms with Gasteiger partial charge in [0.15, 0.2) is 0 Å². The van der Waals surface area contributed by atoms with E-state index in [9.17, 15) is 9.59 Å². The van der Waals surface area contributed by atoms with Crippen molar-refractivity contribution in [1.29, 1.82) is 0 Å². The molecule has 0 aliphatic rings. The van der Waals surface area contributed by atoms with E-state index in [4.69, 9.17) is 0 Å². The van der Waals surface area contributed by atoms with Gasteiger partial charge in [-0.2, -0.15) is 0 Å². The number of nitrogens with one attached hydrogen (secondary N) is 3. The summed E-state index contributed by atoms with van der Waals surface area (Å²) in [6.45, 7) is 7.65. The Bertz CT molecular complexity index is 690. The molecule has 24 heavy (non-hydrogen) atoms. The SMILES string of the molecule is C[C@@H](NC(=O)Nc1ccc(C(=O)NC(C)(C)C)cc1)c1nccs1. The number of carbonyl (C=O) groups excluding carboxylic acids is 2. The second-order valence-electron chi connectivity index (χ2n) is 6.47. The van der Waals surface area contributed by atoms with Crippen LogP contribution in [0.1, 0.15) is 49.1 Å². The van der Waals surface area contributed by atoms with Gasteiger partial charge in [-0.25, -0.2) is 9.78 Å². The van der Waals surface area contributed by atoms with Crippen LogP contribution in [0.25, 0.3) is 0 Å². The Labute approximate surface area is 145 Å². The molecular weight excluding hydrogens is 324 g/mol. The zero-order chi connectivity index (χ0) is 17.7. The van der Waals surface area contributed by atoms with E-state index in [0.717, 1.165) is 5.01 Å². The van der Waals surface area contributed by atoms with Gasteiger partial charge < -0.3 is 16.0 Å². The van der Waals surface area contributed by atoms with E-state index in [1.54, 1.807) is 30.5 Å². The zero-order valence-corrected chi connectivity index (χ0v) is 15.0. The highest BCUT2D eigenvalue weighted by atomic mass is 32.1. The molecule has 0 fully saturated rings. The summed E-state index contributed by atoms with van der Waals surface area (Å²) in [6.07, 6.45) is 1.71. The minimum Gasteiger partial charge on any atom is -0.347 e. The normalized spacial score (nSPS) is 12.3. The van der Waals surface area contributed by atoms with E-state index >= 15 is 0 Å². The molecule has 1 aromatic heterocycles. The van der Waals surface area contributed by atoms with Gasteiger partial charge in [0.25, 0.3) is 5.91 Å². The van der Waals surface area contributed by atoms with E-state index in [1.807, 2.05) is 33.1 Å². The Kier molecular flexibility index (Phi) is 5.56. The van der Waals surface area contributed by atoms with Gasteiger partial charge in [0.1, 0.15) is 5.01 Å². The van der Waals surface area contributed by atoms with Crippen LogP contribution in [0.3, 0.4) is 0 Å². The van der Waals surface area contributed by atoms with E-state index in [-0.39, 0.29) is 23.5 Å². The van der Waals surface area contributed by atoms with E-state index < -0.39 is 0 Å². The fourth-order valence-corrected chi connectivity index (χ4v) is 2.64. The average Bonchev–Trinajstić information content (AvgIpc) is 3.00. The van der Waals surface area contributed by atoms with Gasteiger partial charge >= 0.3 is 6.03 Å². The maximum Gasteiger partial charge on any atom is 0.319 e. The van der Waals surface area contributed by atoms with Crippen molar-refractivity contribution in [3.8, 4) is 0 Å². The highest BCUT2D eigenvalue weighted by molar-refractivity contribution is 7.09. The molecule has 0 bridgehead atoms. The molecule has 6 nitrogen and oxygen atoms in total. The summed E-state index contributed by atoms with van der Waals surface area (Å²) >= 11 is 1.49. The molecule has 3 N–H and O–H groups in total. The third-order valence-electron chi connectivity index (χ3n) is 3.06. The van der Waals surface area contributed by atoms with Gasteiger partial charge in [-0.15, -0.1) is 11.3 Å². The average molecular weight is 346 g/mol. The molecule has 0 aliphatic heterocycles. The standard InChI is InChI=1S/C17H22N4O2S/c1-11(15-18-9-10-24-15)19-16(23)20-13-7-5-12(6-8-13)14(22)21-17(2,3)4/h5-11H,1-4H3,(H,21,22)(H2,19,20,23)/t11-/m1/s1. The molecule has 1 atom stereocenters. The summed E-state index contributed by atoms with van der Waals surface area (Å²) in [4.78, 5) is 28.2. The number of hydrogen-bond donors (Lipinski definition) is 3. The Balaban J connectivity index is 1.91. The summed E-state index contributed by atoms with van der Waals surface area (Å²) in [6, 6.07) is 6.28. The highest BCUT2D eigenvalue weighted by Crippen LogP contribution is 2.15. The largest absolute Gasteiger partial charge is 0.347 e. The number of anilines is 1. The van der Waals surface area contributed by atoms with Gasteiger partial charge in [-0.05, 0) is 52.0 Å². The predicted octanol–water partition coefficient (Wildman–Crippen LogP) is 3.55. The molecule has 128 valence electrons. The monoisotopic (exact) mass is 346 g/mol. The Morgan fingerprint density at radius 1 is 1.17 bits per heavy atom. The lowest BCUT2D eigenvalue weighted by Crippen LogP contribution is -2.40. The van der Waals surface area contributed by atoms with Crippen molar-refractivity contribution < 1.29 is 9.59 Å². The minimum absolute atomic E-state index is 0.143. The van der Waals surface area contributed by atoms with Gasteiger partial charge in [-0.1, -0.05) is 0 Å². The smallest absolute Gasteiger partial charge is 0.319 e. The van der Waals surface area contributed by atoms with Crippen LogP contribution in [0, 0.1) is 0 Å². The third kappa shape index (κ3) is 5.34. The Hall–Kier alpha value is -2.41. The molecule has 0 aliphatic carbocycles. The van der Waals surface area contributed by atoms with Crippen LogP contribution in [0.5, 0.6) is 0 Å². The van der Waals surface area contributed by atoms with Crippen LogP contribution in [-0.2, 0) is 0 Å². The van der Waals surface area contributed by atoms with Crippen molar-refractivity contribution in [2.75, 3.05) is 5.32 Å². The first-order chi connectivity index (χ1) is 11.2. The maximum absolute atomic E-state index is 12.1. The van der Waals surface area contributed by atoms with Crippen molar-refractivity contribution in [2.24, 2.45) is 0 Å². The maximum atomic E-state index is 12.1. The lowest BCUT2D eigenvalue weighted by molar-refractivity contribution is 0.0919. The molecule has 2 aromatic rings. The van der Waals surface area contributed by atoms with Crippen molar-refractivity contribution in [3.63, 3.8) is 0 Å². The number of nitrogens with zero attached hydrogens (tertiary/aromatic N) is 1. The fraction of sp³-hybridized carbons (Fsp3) is 0.353. The molecule has 3 amide bonds. The van der Waals surface area contributed by atoms with Crippen LogP contribution < -0.4 is 16.0 Å². The Morgan fingerprint density at radius 3 is 2.38 bits per heavy atom. The van der Waals surface area contributed by atoms with Crippen LogP contribution in [0.4, 0.5) is 10.5 Å². The minimum atomic E-state index is -0.315. The van der Waals surface area contributed by atoms with Crippen LogP contribution in [0.2, 0.25) is 0 Å². The lowest BCUT2D eigenvalue weighted by atomic mass is 10.1. The first kappa shape index (κ1) is 17.9. The van der Waals surface area contributed by atoms with Gasteiger partial charge in [0.05, 0.1) is 6.04 Å². The third-order valence-corrected chi connectivity index (χ3v) is 4.02. The molecule has 0 saturated carbocycles. The summed E-state index contributed by atoms with van der Waals surface area (Å²) in [5.74, 6) is -0.143. The van der Waals surface area contributed by atoms with Crippen molar-refractivity contribution >= 4 is 29.0 Å². The van der Waals surface area contributed by atoms with E-state index in [1.165, 1.54) is 11.3 Å². The van der Waals surface area contributed by atoms with Gasteiger partial charge in [-0.3, -0.25) is 4.79 Å². The van der Waals surface area contributed by atoms with Crippen LogP contribution >= 0.6 is 11.3 Å². The van der Waals surface area contributed by atoms with Crippen LogP contribution in [0.15, 0.2) is 35.8 Å². The first-order valence-electron chi connectivity index (χ1n) is 7.64. The highest BCUT2D eigenvalue weighted by Gasteiger charge is 2.15. The number of carbonyl (C=O) groups is 2. The number of benzene rings is 1. The number of urea groups is 1. The fourth-order valence-electron chi connectivity index (χ4n) is 1.99. The van der Waals surface area contributed by atoms with Crippen molar-refractivity contribution in [1.82, 2.24) is 15.6 Å². The van der Waals surface area contributed by atoms with Crippen molar-refractivity contribution in [2.45, 2.75) is 39.3 Å². The van der Waals surface area contributed by atoms with Crippen LogP contribution in [-0.4, -0.2) is 22.5 Å². The number of thiazole rings is 1. The topological polar surface area (TPSA) is 83.1 Å². The summed E-state index contributed by atoms with van der Waals surface area (Å²) < 4.78 is 0. The van der Waals surface area contributed by atoms with E-state index in [2.05, 4.69) is 20.9 Å². The van der Waals surface area contributed by atoms with Crippen molar-refractivity contribution in [3.05, 3.63) is 46.4 Å². The summed E-state index contributed by atoms with van der Waals surface area (Å²) in [5, 5.41) is 11.2. The molecule has 0 spiro atoms. The zero-order valence-electron chi connectivity index (χ0n) is 14.2. The van der Waals surface area contributed by atoms with Gasteiger partial charge in [0.2, 0.25) is 0 Å². The molecule has 2 rings (SSSR count). The summed E-state index contributed by atoms with van der Waals surface area (Å²) in [5.41, 5.74) is 0.873. The number of aromatic nitrogens is 1. The lowest BCUT2D eigenvalue weighted by Gasteiger charge is -2.20. The molecule has 7 heteroatoms. The van der Waals surface area contributed by atoms with E-state index in [0.29, 0.717) is 11.3 Å². The molecule has 0 saturated heterocycles. The Morgan fingerprint density at radius 2 is 1.83 bits per heavy atom. The number of rotatable bonds is 4. The second kappa shape index (κ2) is 7.44. The molecule has 1 heterocycles. The first-order valence-corrected chi connectivity index (χ1v) is 8.52. The predicted molar refractivity (Wildman–Crippen MR) is 96.3 cm³/mol. The quantitative estimate of drug-likeness (QED) is 0.791. The van der Waals surface area contributed by atoms with Gasteiger partial charge in [0, 0.05) is 28.4 Å². The number of amides is 3. The molecule has 0 unspecified atom stereocenters. The molecule has 1 aromatic carbocycles.